The van der Waals surface area contributed by atoms with Crippen LogP contribution in [0, 0.1) is 0 Å². The van der Waals surface area contributed by atoms with E-state index >= 15 is 0 Å². The van der Waals surface area contributed by atoms with Gasteiger partial charge in [-0.05, 0) is 44.3 Å². The van der Waals surface area contributed by atoms with Crippen LogP contribution in [0.2, 0.25) is 0 Å². The van der Waals surface area contributed by atoms with Gasteiger partial charge in [0.15, 0.2) is 0 Å². The summed E-state index contributed by atoms with van der Waals surface area (Å²) in [5.74, 6) is 0. The van der Waals surface area contributed by atoms with Gasteiger partial charge in [0, 0.05) is 15.6 Å². The molecule has 0 saturated carbocycles. The highest BCUT2D eigenvalue weighted by Crippen LogP contribution is 2.29. The van der Waals surface area contributed by atoms with Crippen molar-refractivity contribution in [3.8, 4) is 0 Å². The van der Waals surface area contributed by atoms with Gasteiger partial charge in [0.05, 0.1) is 0 Å². The molecule has 1 N–H and O–H groups in total. The van der Waals surface area contributed by atoms with E-state index in [4.69, 9.17) is 0 Å². The highest BCUT2D eigenvalue weighted by atomic mass is 32.1. The highest BCUT2D eigenvalue weighted by molar-refractivity contribution is 7.19. The second-order valence-electron chi connectivity index (χ2n) is 4.22. The Morgan fingerprint density at radius 2 is 2.18 bits per heavy atom. The van der Waals surface area contributed by atoms with E-state index in [2.05, 4.69) is 61.6 Å². The summed E-state index contributed by atoms with van der Waals surface area (Å²) in [6.07, 6.45) is 5.40. The first-order valence-electron chi connectivity index (χ1n) is 6.14. The molecule has 1 aromatic heterocycles. The van der Waals surface area contributed by atoms with Crippen molar-refractivity contribution in [3.05, 3.63) is 47.4 Å². The minimum atomic E-state index is 0.442. The lowest BCUT2D eigenvalue weighted by atomic mass is 10.2. The third-order valence-corrected chi connectivity index (χ3v) is 4.17. The number of allylic oxidation sites excluding steroid dienone is 1. The lowest BCUT2D eigenvalue weighted by molar-refractivity contribution is 0.589. The molecule has 1 nitrogen and oxygen atoms in total. The molecule has 17 heavy (non-hydrogen) atoms. The van der Waals surface area contributed by atoms with Gasteiger partial charge in [-0.15, -0.1) is 11.3 Å². The predicted octanol–water partition coefficient (Wildman–Crippen LogP) is 4.52. The van der Waals surface area contributed by atoms with E-state index in [1.165, 1.54) is 15.0 Å². The van der Waals surface area contributed by atoms with E-state index in [0.29, 0.717) is 6.04 Å². The first-order valence-corrected chi connectivity index (χ1v) is 6.96. The van der Waals surface area contributed by atoms with Gasteiger partial charge in [-0.3, -0.25) is 0 Å². The number of fused-ring (bicyclic) bond motifs is 1. The summed E-state index contributed by atoms with van der Waals surface area (Å²) in [7, 11) is 0. The van der Waals surface area contributed by atoms with E-state index in [1.807, 2.05) is 11.3 Å². The maximum atomic E-state index is 3.55. The summed E-state index contributed by atoms with van der Waals surface area (Å²) >= 11 is 1.89. The van der Waals surface area contributed by atoms with Crippen molar-refractivity contribution in [2.45, 2.75) is 26.3 Å². The summed E-state index contributed by atoms with van der Waals surface area (Å²) in [5.41, 5.74) is 0. The first-order chi connectivity index (χ1) is 8.31. The molecule has 2 heteroatoms. The molecule has 0 bridgehead atoms. The van der Waals surface area contributed by atoms with Gasteiger partial charge in [0.25, 0.3) is 0 Å². The molecule has 0 aliphatic rings. The van der Waals surface area contributed by atoms with Crippen LogP contribution in [0.1, 0.15) is 31.2 Å². The van der Waals surface area contributed by atoms with Crippen LogP contribution in [0.5, 0.6) is 0 Å². The summed E-state index contributed by atoms with van der Waals surface area (Å²) in [5, 5.41) is 4.91. The Hall–Kier alpha value is -1.12. The third-order valence-electron chi connectivity index (χ3n) is 2.87. The fourth-order valence-electron chi connectivity index (χ4n) is 1.87. The van der Waals surface area contributed by atoms with Gasteiger partial charge in [0.1, 0.15) is 0 Å². The molecule has 1 heterocycles. The fourth-order valence-corrected chi connectivity index (χ4v) is 2.96. The van der Waals surface area contributed by atoms with E-state index in [1.54, 1.807) is 0 Å². The van der Waals surface area contributed by atoms with E-state index in [9.17, 15) is 0 Å². The zero-order valence-electron chi connectivity index (χ0n) is 10.4. The van der Waals surface area contributed by atoms with Gasteiger partial charge in [-0.25, -0.2) is 0 Å². The Balaban J connectivity index is 2.01. The van der Waals surface area contributed by atoms with Crippen LogP contribution >= 0.6 is 11.3 Å². The van der Waals surface area contributed by atoms with Crippen LogP contribution < -0.4 is 5.32 Å². The van der Waals surface area contributed by atoms with Crippen molar-refractivity contribution in [3.63, 3.8) is 0 Å². The Morgan fingerprint density at radius 1 is 1.35 bits per heavy atom. The number of rotatable bonds is 5. The molecule has 2 aromatic rings. The average Bonchev–Trinajstić information content (AvgIpc) is 2.78. The van der Waals surface area contributed by atoms with Crippen LogP contribution in [0.25, 0.3) is 10.1 Å². The van der Waals surface area contributed by atoms with Crippen molar-refractivity contribution in [2.24, 2.45) is 0 Å². The van der Waals surface area contributed by atoms with Crippen molar-refractivity contribution < 1.29 is 0 Å². The zero-order chi connectivity index (χ0) is 12.1. The van der Waals surface area contributed by atoms with Gasteiger partial charge in [-0.1, -0.05) is 30.4 Å². The molecule has 0 saturated heterocycles. The van der Waals surface area contributed by atoms with Gasteiger partial charge < -0.3 is 5.32 Å². The lowest BCUT2D eigenvalue weighted by Gasteiger charge is -2.10. The minimum Gasteiger partial charge on any atom is -0.309 e. The number of hydrogen-bond acceptors (Lipinski definition) is 2. The van der Waals surface area contributed by atoms with Crippen LogP contribution in [0.3, 0.4) is 0 Å². The van der Waals surface area contributed by atoms with Gasteiger partial charge in [0.2, 0.25) is 0 Å². The molecule has 0 aliphatic heterocycles. The van der Waals surface area contributed by atoms with Gasteiger partial charge >= 0.3 is 0 Å². The second-order valence-corrected chi connectivity index (χ2v) is 5.34. The van der Waals surface area contributed by atoms with Crippen LogP contribution in [0.15, 0.2) is 42.5 Å². The van der Waals surface area contributed by atoms with E-state index in [-0.39, 0.29) is 0 Å². The smallest absolute Gasteiger partial charge is 0.0386 e. The Bertz CT molecular complexity index is 465. The Labute approximate surface area is 107 Å². The number of nitrogens with one attached hydrogen (secondary N) is 1. The normalized spacial score (nSPS) is 13.5. The Morgan fingerprint density at radius 3 is 2.94 bits per heavy atom. The molecule has 1 aromatic carbocycles. The molecule has 2 rings (SSSR count). The quantitative estimate of drug-likeness (QED) is 0.603. The number of hydrogen-bond donors (Lipinski definition) is 1. The lowest BCUT2D eigenvalue weighted by Crippen LogP contribution is -2.18. The Kier molecular flexibility index (Phi) is 4.35. The maximum absolute atomic E-state index is 3.55. The largest absolute Gasteiger partial charge is 0.309 e. The maximum Gasteiger partial charge on any atom is 0.0386 e. The standard InChI is InChI=1S/C15H19NS/c1-3-4-7-10-16-12(2)15-11-13-8-5-6-9-14(13)17-15/h3-6,8-9,11-12,16H,7,10H2,1-2H3/b4-3+. The van der Waals surface area contributed by atoms with Crippen molar-refractivity contribution in [1.29, 1.82) is 0 Å². The van der Waals surface area contributed by atoms with Gasteiger partial charge in [-0.2, -0.15) is 0 Å². The second kappa shape index (κ2) is 5.99. The number of benzene rings is 1. The SMILES string of the molecule is C/C=C/CCNC(C)c1cc2ccccc2s1. The van der Waals surface area contributed by atoms with Crippen LogP contribution in [-0.4, -0.2) is 6.54 Å². The molecular formula is C15H19NS. The molecule has 0 spiro atoms. The predicted molar refractivity (Wildman–Crippen MR) is 77.7 cm³/mol. The molecular weight excluding hydrogens is 226 g/mol. The summed E-state index contributed by atoms with van der Waals surface area (Å²) in [6, 6.07) is 11.3. The summed E-state index contributed by atoms with van der Waals surface area (Å²) < 4.78 is 1.38. The average molecular weight is 245 g/mol. The molecule has 0 fully saturated rings. The fraction of sp³-hybridized carbons (Fsp3) is 0.333. The molecule has 0 amide bonds. The van der Waals surface area contributed by atoms with Crippen molar-refractivity contribution >= 4 is 21.4 Å². The van der Waals surface area contributed by atoms with Crippen LogP contribution in [0.4, 0.5) is 0 Å². The summed E-state index contributed by atoms with van der Waals surface area (Å²) in [6.45, 7) is 5.34. The zero-order valence-corrected chi connectivity index (χ0v) is 11.3. The van der Waals surface area contributed by atoms with Crippen molar-refractivity contribution in [2.75, 3.05) is 6.54 Å². The molecule has 0 radical (unpaired) electrons. The first kappa shape index (κ1) is 12.3. The third kappa shape index (κ3) is 3.18. The van der Waals surface area contributed by atoms with Crippen LogP contribution in [-0.2, 0) is 0 Å². The highest BCUT2D eigenvalue weighted by Gasteiger charge is 2.07. The topological polar surface area (TPSA) is 12.0 Å². The molecule has 90 valence electrons. The van der Waals surface area contributed by atoms with Crippen molar-refractivity contribution in [1.82, 2.24) is 5.32 Å². The summed E-state index contributed by atoms with van der Waals surface area (Å²) in [4.78, 5) is 1.42. The minimum absolute atomic E-state index is 0.442. The molecule has 1 atom stereocenters. The number of thiophene rings is 1. The van der Waals surface area contributed by atoms with E-state index < -0.39 is 0 Å². The molecule has 1 unspecified atom stereocenters. The molecule has 0 aliphatic carbocycles. The van der Waals surface area contributed by atoms with E-state index in [0.717, 1.165) is 13.0 Å². The monoisotopic (exact) mass is 245 g/mol.